The third-order valence-corrected chi connectivity index (χ3v) is 6.15. The molecule has 9 nitrogen and oxygen atoms in total. The lowest BCUT2D eigenvalue weighted by Crippen LogP contribution is -2.02. The van der Waals surface area contributed by atoms with Crippen molar-refractivity contribution in [2.75, 3.05) is 0 Å². The number of nitro groups is 1. The predicted octanol–water partition coefficient (Wildman–Crippen LogP) is 5.56. The zero-order valence-corrected chi connectivity index (χ0v) is 21.6. The van der Waals surface area contributed by atoms with Gasteiger partial charge in [0.15, 0.2) is 6.20 Å². The highest BCUT2D eigenvalue weighted by atomic mass is 79.9. The molecule has 1 atom stereocenters. The minimum atomic E-state index is -0.940. The summed E-state index contributed by atoms with van der Waals surface area (Å²) in [5, 5.41) is 28.4. The first kappa shape index (κ1) is 27.3. The molecule has 198 valence electrons. The van der Waals surface area contributed by atoms with Crippen LogP contribution in [-0.2, 0) is 13.0 Å². The van der Waals surface area contributed by atoms with Crippen LogP contribution < -0.4 is 0 Å². The molecular formula is C25H22BrF3N6O3. The average molecular weight is 591 g/mol. The number of aromatic nitrogens is 5. The first-order chi connectivity index (χ1) is 18.1. The van der Waals surface area contributed by atoms with Gasteiger partial charge in [-0.15, -0.1) is 5.10 Å². The van der Waals surface area contributed by atoms with Gasteiger partial charge in [0.25, 0.3) is 0 Å². The number of nitrogens with zero attached hydrogens (tertiary/aromatic N) is 6. The number of hydrogen-bond acceptors (Lipinski definition) is 7. The van der Waals surface area contributed by atoms with E-state index in [1.165, 1.54) is 37.2 Å². The molecule has 1 aliphatic rings. The molecule has 0 radical (unpaired) electrons. The molecule has 0 aliphatic heterocycles. The fraction of sp³-hybridized carbons (Fsp3) is 0.280. The van der Waals surface area contributed by atoms with E-state index in [0.717, 1.165) is 18.8 Å². The summed E-state index contributed by atoms with van der Waals surface area (Å²) in [7, 11) is 0. The van der Waals surface area contributed by atoms with Gasteiger partial charge in [0, 0.05) is 30.8 Å². The molecule has 0 bridgehead atoms. The Morgan fingerprint density at radius 1 is 1.16 bits per heavy atom. The molecule has 3 aromatic heterocycles. The maximum atomic E-state index is 13.9. The van der Waals surface area contributed by atoms with Crippen molar-refractivity contribution in [2.24, 2.45) is 5.92 Å². The summed E-state index contributed by atoms with van der Waals surface area (Å²) in [6.07, 6.45) is 6.07. The minimum Gasteiger partial charge on any atom is -0.389 e. The maximum Gasteiger partial charge on any atom is 0.399 e. The van der Waals surface area contributed by atoms with E-state index in [9.17, 15) is 28.4 Å². The quantitative estimate of drug-likeness (QED) is 0.221. The van der Waals surface area contributed by atoms with Crippen LogP contribution in [0.15, 0.2) is 53.4 Å². The molecule has 5 rings (SSSR count). The highest BCUT2D eigenvalue weighted by Crippen LogP contribution is 2.32. The molecule has 0 unspecified atom stereocenters. The van der Waals surface area contributed by atoms with E-state index in [2.05, 4.69) is 36.2 Å². The second kappa shape index (κ2) is 11.8. The van der Waals surface area contributed by atoms with Crippen LogP contribution in [0.3, 0.4) is 0 Å². The summed E-state index contributed by atoms with van der Waals surface area (Å²) in [5.41, 5.74) is 2.82. The topological polar surface area (TPSA) is 120 Å². The Morgan fingerprint density at radius 3 is 2.58 bits per heavy atom. The number of aliphatic hydroxyl groups excluding tert-OH is 1. The molecule has 38 heavy (non-hydrogen) atoms. The Balaban J connectivity index is 0.000000257. The summed E-state index contributed by atoms with van der Waals surface area (Å²) in [5.74, 6) is -1.92. The zero-order valence-electron chi connectivity index (χ0n) is 20.1. The minimum absolute atomic E-state index is 0.349. The molecule has 13 heteroatoms. The molecule has 0 saturated heterocycles. The van der Waals surface area contributed by atoms with E-state index in [-0.39, 0.29) is 0 Å². The Bertz CT molecular complexity index is 1460. The molecular weight excluding hydrogens is 569 g/mol. The SMILES string of the molecule is C[C@@H](O)c1cc(F)ccc1-c1ncc(F)cc1Cc1cn(CC2CC2)nn1.O=[N+]([O-])c1ncc(Br)cc1F. The number of aliphatic hydroxyl groups is 1. The number of hydrogen-bond donors (Lipinski definition) is 1. The predicted molar refractivity (Wildman–Crippen MR) is 134 cm³/mol. The molecule has 0 spiro atoms. The van der Waals surface area contributed by atoms with E-state index in [1.54, 1.807) is 13.0 Å². The van der Waals surface area contributed by atoms with E-state index < -0.39 is 34.3 Å². The Hall–Kier alpha value is -3.71. The van der Waals surface area contributed by atoms with E-state index in [4.69, 9.17) is 0 Å². The van der Waals surface area contributed by atoms with Crippen LogP contribution in [-0.4, -0.2) is 35.0 Å². The summed E-state index contributed by atoms with van der Waals surface area (Å²) in [6.45, 7) is 2.41. The molecule has 3 heterocycles. The lowest BCUT2D eigenvalue weighted by Gasteiger charge is -2.14. The third-order valence-electron chi connectivity index (χ3n) is 5.71. The first-order valence-electron chi connectivity index (χ1n) is 11.6. The highest BCUT2D eigenvalue weighted by Gasteiger charge is 2.23. The Morgan fingerprint density at radius 2 is 1.92 bits per heavy atom. The molecule has 1 fully saturated rings. The van der Waals surface area contributed by atoms with Crippen LogP contribution in [0, 0.1) is 33.5 Å². The summed E-state index contributed by atoms with van der Waals surface area (Å²) >= 11 is 2.92. The lowest BCUT2D eigenvalue weighted by molar-refractivity contribution is -0.392. The van der Waals surface area contributed by atoms with Crippen LogP contribution in [0.25, 0.3) is 11.3 Å². The Kier molecular flexibility index (Phi) is 8.47. The van der Waals surface area contributed by atoms with Crippen LogP contribution >= 0.6 is 15.9 Å². The standard InChI is InChI=1S/C20H20F2N4O.C5H2BrFN2O2/c1-12(27)19-8-15(21)4-5-18(19)20-14(6-16(22)9-23-20)7-17-11-26(25-24-17)10-13-2-3-13;6-3-1-4(7)5(8-2-3)9(10)11/h4-6,8-9,11-13,27H,2-3,7,10H2,1H3;1-2H/t12-;/m1./s1. The Labute approximate surface area is 223 Å². The van der Waals surface area contributed by atoms with Crippen LogP contribution in [0.2, 0.25) is 0 Å². The van der Waals surface area contributed by atoms with Gasteiger partial charge in [-0.25, -0.2) is 8.78 Å². The van der Waals surface area contributed by atoms with Crippen LogP contribution in [0.4, 0.5) is 19.0 Å². The normalized spacial score (nSPS) is 13.5. The van der Waals surface area contributed by atoms with Crippen molar-refractivity contribution in [3.63, 3.8) is 0 Å². The maximum absolute atomic E-state index is 13.9. The van der Waals surface area contributed by atoms with Gasteiger partial charge in [0.05, 0.1) is 28.2 Å². The van der Waals surface area contributed by atoms with Crippen molar-refractivity contribution in [2.45, 2.75) is 38.8 Å². The van der Waals surface area contributed by atoms with Gasteiger partial charge >= 0.3 is 5.82 Å². The largest absolute Gasteiger partial charge is 0.399 e. The van der Waals surface area contributed by atoms with Crippen molar-refractivity contribution >= 4 is 21.7 Å². The lowest BCUT2D eigenvalue weighted by atomic mass is 9.95. The summed E-state index contributed by atoms with van der Waals surface area (Å²) in [6, 6.07) is 6.54. The molecule has 1 saturated carbocycles. The fourth-order valence-electron chi connectivity index (χ4n) is 3.76. The van der Waals surface area contributed by atoms with Gasteiger partial charge in [-0.05, 0) is 86.9 Å². The third kappa shape index (κ3) is 6.98. The van der Waals surface area contributed by atoms with Crippen molar-refractivity contribution < 1.29 is 23.2 Å². The summed E-state index contributed by atoms with van der Waals surface area (Å²) in [4.78, 5) is 16.6. The van der Waals surface area contributed by atoms with Crippen molar-refractivity contribution in [3.05, 3.63) is 97.8 Å². The van der Waals surface area contributed by atoms with E-state index >= 15 is 0 Å². The van der Waals surface area contributed by atoms with Gasteiger partial charge in [-0.2, -0.15) is 4.39 Å². The monoisotopic (exact) mass is 590 g/mol. The van der Waals surface area contributed by atoms with Gasteiger partial charge in [-0.3, -0.25) is 9.67 Å². The van der Waals surface area contributed by atoms with Gasteiger partial charge in [0.2, 0.25) is 5.82 Å². The molecule has 1 N–H and O–H groups in total. The number of benzene rings is 1. The molecule has 1 aliphatic carbocycles. The second-order valence-electron chi connectivity index (χ2n) is 8.84. The van der Waals surface area contributed by atoms with Gasteiger partial charge < -0.3 is 15.2 Å². The van der Waals surface area contributed by atoms with Crippen molar-refractivity contribution in [3.8, 4) is 11.3 Å². The van der Waals surface area contributed by atoms with E-state index in [1.807, 2.05) is 10.9 Å². The van der Waals surface area contributed by atoms with Gasteiger partial charge in [-0.1, -0.05) is 5.21 Å². The zero-order chi connectivity index (χ0) is 27.4. The second-order valence-corrected chi connectivity index (χ2v) is 9.75. The van der Waals surface area contributed by atoms with E-state index in [0.29, 0.717) is 44.9 Å². The molecule has 0 amide bonds. The van der Waals surface area contributed by atoms with Crippen LogP contribution in [0.5, 0.6) is 0 Å². The van der Waals surface area contributed by atoms with Crippen molar-refractivity contribution in [1.82, 2.24) is 25.0 Å². The highest BCUT2D eigenvalue weighted by molar-refractivity contribution is 9.10. The first-order valence-corrected chi connectivity index (χ1v) is 12.4. The molecule has 4 aromatic rings. The average Bonchev–Trinajstić information content (AvgIpc) is 3.56. The molecule has 1 aromatic carbocycles. The number of rotatable bonds is 7. The fourth-order valence-corrected chi connectivity index (χ4v) is 4.07. The van der Waals surface area contributed by atoms with Gasteiger partial charge in [0.1, 0.15) is 11.6 Å². The van der Waals surface area contributed by atoms with Crippen molar-refractivity contribution in [1.29, 1.82) is 0 Å². The number of halogens is 4. The smallest absolute Gasteiger partial charge is 0.389 e. The summed E-state index contributed by atoms with van der Waals surface area (Å²) < 4.78 is 42.3. The number of pyridine rings is 2. The van der Waals surface area contributed by atoms with Crippen LogP contribution in [0.1, 0.15) is 42.7 Å².